The molecular formula is C18H29N3O4S. The second-order valence-corrected chi connectivity index (χ2v) is 7.75. The highest BCUT2D eigenvalue weighted by Gasteiger charge is 2.29. The fourth-order valence-corrected chi connectivity index (χ4v) is 3.14. The van der Waals surface area contributed by atoms with Gasteiger partial charge in [-0.1, -0.05) is 47.5 Å². The van der Waals surface area contributed by atoms with E-state index in [1.54, 1.807) is 5.38 Å². The van der Waals surface area contributed by atoms with Gasteiger partial charge in [-0.3, -0.25) is 14.9 Å². The first-order valence-electron chi connectivity index (χ1n) is 8.98. The average Bonchev–Trinajstić information content (AvgIpc) is 3.08. The number of anilines is 1. The predicted molar refractivity (Wildman–Crippen MR) is 102 cm³/mol. The van der Waals surface area contributed by atoms with E-state index in [1.165, 1.54) is 17.5 Å². The molecule has 146 valence electrons. The van der Waals surface area contributed by atoms with Crippen molar-refractivity contribution in [1.29, 1.82) is 0 Å². The number of amides is 2. The van der Waals surface area contributed by atoms with Crippen molar-refractivity contribution in [1.82, 2.24) is 10.3 Å². The van der Waals surface area contributed by atoms with Crippen molar-refractivity contribution in [2.45, 2.75) is 66.0 Å². The number of Topliss-reactive ketones (excluding diaryl/α,β-unsaturated/α-hetero) is 1. The quantitative estimate of drug-likeness (QED) is 0.602. The zero-order valence-corrected chi connectivity index (χ0v) is 16.9. The van der Waals surface area contributed by atoms with Gasteiger partial charge in [-0.15, -0.1) is 11.3 Å². The summed E-state index contributed by atoms with van der Waals surface area (Å²) < 4.78 is 5.48. The molecular weight excluding hydrogens is 354 g/mol. The highest BCUT2D eigenvalue weighted by atomic mass is 32.1. The Balaban J connectivity index is 2.73. The number of rotatable bonds is 10. The van der Waals surface area contributed by atoms with Crippen LogP contribution in [0.25, 0.3) is 0 Å². The maximum atomic E-state index is 12.5. The number of alkyl carbamates (subject to hydrolysis) is 1. The summed E-state index contributed by atoms with van der Waals surface area (Å²) in [5.41, 5.74) is 0. The Hall–Kier alpha value is -1.96. The van der Waals surface area contributed by atoms with E-state index >= 15 is 0 Å². The smallest absolute Gasteiger partial charge is 0.408 e. The molecule has 1 aromatic heterocycles. The molecule has 2 N–H and O–H groups in total. The first-order valence-corrected chi connectivity index (χ1v) is 9.86. The summed E-state index contributed by atoms with van der Waals surface area (Å²) >= 11 is 1.22. The Morgan fingerprint density at radius 2 is 1.85 bits per heavy atom. The lowest BCUT2D eigenvalue weighted by molar-refractivity contribution is -0.136. The summed E-state index contributed by atoms with van der Waals surface area (Å²) in [5.74, 6) is -1.18. The summed E-state index contributed by atoms with van der Waals surface area (Å²) in [6.07, 6.45) is 2.53. The van der Waals surface area contributed by atoms with Crippen LogP contribution in [0, 0.1) is 11.8 Å². The minimum atomic E-state index is -0.914. The van der Waals surface area contributed by atoms with Crippen molar-refractivity contribution < 1.29 is 19.1 Å². The van der Waals surface area contributed by atoms with Gasteiger partial charge in [0.2, 0.25) is 5.78 Å². The number of nitrogens with zero attached hydrogens (tertiary/aromatic N) is 1. The molecule has 0 bridgehead atoms. The van der Waals surface area contributed by atoms with Crippen LogP contribution in [0.15, 0.2) is 11.6 Å². The number of thiazole rings is 1. The first-order chi connectivity index (χ1) is 12.3. The number of carbonyl (C=O) groups is 3. The summed E-state index contributed by atoms with van der Waals surface area (Å²) in [5, 5.41) is 7.06. The van der Waals surface area contributed by atoms with E-state index in [-0.39, 0.29) is 17.9 Å². The minimum Gasteiger partial charge on any atom is -0.446 e. The average molecular weight is 384 g/mol. The molecule has 0 saturated carbocycles. The molecule has 1 atom stereocenters. The molecule has 0 aliphatic rings. The molecule has 0 saturated heterocycles. The monoisotopic (exact) mass is 383 g/mol. The van der Waals surface area contributed by atoms with E-state index in [2.05, 4.69) is 15.6 Å². The number of nitrogens with one attached hydrogen (secondary N) is 2. The molecule has 0 spiro atoms. The van der Waals surface area contributed by atoms with Crippen LogP contribution >= 0.6 is 11.3 Å². The van der Waals surface area contributed by atoms with Crippen molar-refractivity contribution in [2.75, 3.05) is 5.32 Å². The maximum Gasteiger partial charge on any atom is 0.408 e. The van der Waals surface area contributed by atoms with E-state index in [0.717, 1.165) is 6.42 Å². The topological polar surface area (TPSA) is 97.4 Å². The van der Waals surface area contributed by atoms with Crippen LogP contribution in [0.3, 0.4) is 0 Å². The zero-order valence-electron chi connectivity index (χ0n) is 16.1. The number of hydrogen-bond acceptors (Lipinski definition) is 6. The molecule has 0 aliphatic carbocycles. The molecule has 8 heteroatoms. The highest BCUT2D eigenvalue weighted by Crippen LogP contribution is 2.17. The molecule has 0 unspecified atom stereocenters. The van der Waals surface area contributed by atoms with E-state index in [1.807, 2.05) is 34.6 Å². The second-order valence-electron chi connectivity index (χ2n) is 6.85. The van der Waals surface area contributed by atoms with Crippen molar-refractivity contribution in [3.05, 3.63) is 11.6 Å². The van der Waals surface area contributed by atoms with Crippen LogP contribution in [-0.2, 0) is 14.3 Å². The van der Waals surface area contributed by atoms with Crippen LogP contribution < -0.4 is 10.6 Å². The summed E-state index contributed by atoms with van der Waals surface area (Å²) in [4.78, 5) is 40.8. The molecule has 1 rings (SSSR count). The predicted octanol–water partition coefficient (Wildman–Crippen LogP) is 3.62. The van der Waals surface area contributed by atoms with Gasteiger partial charge in [-0.2, -0.15) is 0 Å². The number of ether oxygens (including phenoxy) is 1. The molecule has 0 aliphatic heterocycles. The largest absolute Gasteiger partial charge is 0.446 e. The third kappa shape index (κ3) is 7.11. The number of aromatic nitrogens is 1. The lowest BCUT2D eigenvalue weighted by Crippen LogP contribution is -2.47. The van der Waals surface area contributed by atoms with Crippen LogP contribution in [0.2, 0.25) is 0 Å². The van der Waals surface area contributed by atoms with E-state index < -0.39 is 23.8 Å². The maximum absolute atomic E-state index is 12.5. The summed E-state index contributed by atoms with van der Waals surface area (Å²) in [6, 6.07) is -0.914. The third-order valence-corrected chi connectivity index (χ3v) is 4.58. The Morgan fingerprint density at radius 3 is 2.35 bits per heavy atom. The number of ketones is 1. The van der Waals surface area contributed by atoms with Gasteiger partial charge in [-0.05, 0) is 18.3 Å². The van der Waals surface area contributed by atoms with Crippen molar-refractivity contribution >= 4 is 34.3 Å². The van der Waals surface area contributed by atoms with Crippen LogP contribution in [0.5, 0.6) is 0 Å². The normalized spacial score (nSPS) is 12.3. The van der Waals surface area contributed by atoms with Crippen LogP contribution in [-0.4, -0.2) is 34.9 Å². The van der Waals surface area contributed by atoms with E-state index in [0.29, 0.717) is 18.0 Å². The lowest BCUT2D eigenvalue weighted by Gasteiger charge is -2.26. The molecule has 0 radical (unpaired) electrons. The third-order valence-electron chi connectivity index (χ3n) is 3.89. The highest BCUT2D eigenvalue weighted by molar-refractivity contribution is 7.13. The fraction of sp³-hybridized carbons (Fsp3) is 0.667. The van der Waals surface area contributed by atoms with Gasteiger partial charge in [0.1, 0.15) is 12.1 Å². The van der Waals surface area contributed by atoms with E-state index in [4.69, 9.17) is 4.74 Å². The van der Waals surface area contributed by atoms with E-state index in [9.17, 15) is 14.4 Å². The van der Waals surface area contributed by atoms with Crippen molar-refractivity contribution in [3.63, 3.8) is 0 Å². The number of unbranched alkanes of at least 4 members (excludes halogenated alkanes) is 1. The Labute approximate surface area is 158 Å². The zero-order chi connectivity index (χ0) is 19.7. The fourth-order valence-electron chi connectivity index (χ4n) is 2.62. The summed E-state index contributed by atoms with van der Waals surface area (Å²) in [7, 11) is 0. The van der Waals surface area contributed by atoms with Gasteiger partial charge < -0.3 is 10.1 Å². The van der Waals surface area contributed by atoms with Gasteiger partial charge in [0.05, 0.1) is 0 Å². The number of carbonyl (C=O) groups excluding carboxylic acids is 3. The molecule has 26 heavy (non-hydrogen) atoms. The Morgan fingerprint density at radius 1 is 1.19 bits per heavy atom. The standard InChI is InChI=1S/C18H29N3O4S/c1-6-7-8-13(14(22)16(23)21-17-19-9-10-26-17)20-18(24)25-15(11(2)3)12(4)5/h9-13,15H,6-8H2,1-5H3,(H,20,24)(H,19,21,23)/t13-/m0/s1. The van der Waals surface area contributed by atoms with Crippen LogP contribution in [0.4, 0.5) is 9.93 Å². The molecule has 2 amide bonds. The SMILES string of the molecule is CCCC[C@H](NC(=O)OC(C(C)C)C(C)C)C(=O)C(=O)Nc1nccs1. The lowest BCUT2D eigenvalue weighted by atomic mass is 9.96. The minimum absolute atomic E-state index is 0.152. The van der Waals surface area contributed by atoms with Crippen LogP contribution in [0.1, 0.15) is 53.9 Å². The Bertz CT molecular complexity index is 579. The summed E-state index contributed by atoms with van der Waals surface area (Å²) in [6.45, 7) is 9.86. The van der Waals surface area contributed by atoms with Gasteiger partial charge in [0.25, 0.3) is 5.91 Å². The van der Waals surface area contributed by atoms with Crippen molar-refractivity contribution in [3.8, 4) is 0 Å². The van der Waals surface area contributed by atoms with Gasteiger partial charge in [0.15, 0.2) is 5.13 Å². The molecule has 7 nitrogen and oxygen atoms in total. The van der Waals surface area contributed by atoms with Gasteiger partial charge >= 0.3 is 6.09 Å². The van der Waals surface area contributed by atoms with Gasteiger partial charge in [-0.25, -0.2) is 9.78 Å². The second kappa shape index (κ2) is 10.9. The Kier molecular flexibility index (Phi) is 9.26. The molecule has 0 aromatic carbocycles. The molecule has 1 aromatic rings. The van der Waals surface area contributed by atoms with Gasteiger partial charge in [0, 0.05) is 11.6 Å². The number of hydrogen-bond donors (Lipinski definition) is 2. The first kappa shape index (κ1) is 22.1. The molecule has 1 heterocycles. The molecule has 0 fully saturated rings. The van der Waals surface area contributed by atoms with Crippen molar-refractivity contribution in [2.24, 2.45) is 11.8 Å².